The molecule has 1 N–H and O–H groups in total. The molecule has 1 fully saturated rings. The van der Waals surface area contributed by atoms with E-state index >= 15 is 0 Å². The van der Waals surface area contributed by atoms with Crippen LogP contribution in [0.25, 0.3) is 5.78 Å². The molecule has 160 valence electrons. The first-order chi connectivity index (χ1) is 14.1. The molecule has 0 spiro atoms. The number of halogens is 1. The van der Waals surface area contributed by atoms with E-state index in [2.05, 4.69) is 20.4 Å². The number of piperazine rings is 1. The Bertz CT molecular complexity index is 1040. The summed E-state index contributed by atoms with van der Waals surface area (Å²) in [5.41, 5.74) is 3.98. The molecule has 9 heteroatoms. The second kappa shape index (κ2) is 9.40. The van der Waals surface area contributed by atoms with Crippen LogP contribution in [0.4, 0.5) is 0 Å². The van der Waals surface area contributed by atoms with Gasteiger partial charge in [-0.1, -0.05) is 18.2 Å². The number of nitrogens with zero attached hydrogens (tertiary/aromatic N) is 5. The average molecular weight is 431 g/mol. The third-order valence-electron chi connectivity index (χ3n) is 5.64. The van der Waals surface area contributed by atoms with Crippen molar-refractivity contribution < 1.29 is 9.53 Å². The highest BCUT2D eigenvalue weighted by Gasteiger charge is 2.29. The van der Waals surface area contributed by atoms with Crippen molar-refractivity contribution >= 4 is 24.1 Å². The molecule has 1 aliphatic heterocycles. The molecule has 1 aliphatic rings. The number of hydrogen-bond acceptors (Lipinski definition) is 6. The van der Waals surface area contributed by atoms with Gasteiger partial charge in [0.25, 0.3) is 5.78 Å². The second-order valence-electron chi connectivity index (χ2n) is 7.28. The summed E-state index contributed by atoms with van der Waals surface area (Å²) in [5.74, 6) is 1.54. The summed E-state index contributed by atoms with van der Waals surface area (Å²) in [5, 5.41) is 7.63. The molecule has 1 atom stereocenters. The summed E-state index contributed by atoms with van der Waals surface area (Å²) in [6, 6.07) is 7.88. The number of para-hydroxylation sites is 1. The molecule has 8 nitrogen and oxygen atoms in total. The van der Waals surface area contributed by atoms with Gasteiger partial charge in [-0.05, 0) is 31.9 Å². The van der Waals surface area contributed by atoms with Crippen LogP contribution in [0.1, 0.15) is 35.0 Å². The zero-order valence-corrected chi connectivity index (χ0v) is 18.3. The maximum absolute atomic E-state index is 13.2. The van der Waals surface area contributed by atoms with Gasteiger partial charge < -0.3 is 15.0 Å². The van der Waals surface area contributed by atoms with E-state index in [4.69, 9.17) is 4.74 Å². The molecule has 3 heterocycles. The van der Waals surface area contributed by atoms with Crippen LogP contribution in [0.3, 0.4) is 0 Å². The van der Waals surface area contributed by atoms with Gasteiger partial charge in [0.1, 0.15) is 12.1 Å². The standard InChI is InChI=1S/C21H26N6O2.ClH/c1-14-16(15(2)27-21(25-14)23-13-24-27)8-9-20(28)26-11-10-22-12-18(26)17-6-4-5-7-19(17)29-3;/h4-7,13,18,22H,8-12H2,1-3H3;1H. The molecule has 2 aromatic heterocycles. The molecule has 0 bridgehead atoms. The first-order valence-electron chi connectivity index (χ1n) is 9.89. The minimum Gasteiger partial charge on any atom is -0.496 e. The smallest absolute Gasteiger partial charge is 0.252 e. The van der Waals surface area contributed by atoms with Crippen molar-refractivity contribution in [2.45, 2.75) is 32.7 Å². The highest BCUT2D eigenvalue weighted by atomic mass is 35.5. The first kappa shape index (κ1) is 22.0. The van der Waals surface area contributed by atoms with Gasteiger partial charge in [-0.2, -0.15) is 10.1 Å². The van der Waals surface area contributed by atoms with Crippen molar-refractivity contribution in [2.24, 2.45) is 0 Å². The molecular weight excluding hydrogens is 404 g/mol. The Morgan fingerprint density at radius 1 is 1.30 bits per heavy atom. The van der Waals surface area contributed by atoms with Crippen LogP contribution >= 0.6 is 12.4 Å². The number of aryl methyl sites for hydroxylation is 2. The van der Waals surface area contributed by atoms with Crippen molar-refractivity contribution in [1.82, 2.24) is 29.8 Å². The zero-order chi connectivity index (χ0) is 20.4. The van der Waals surface area contributed by atoms with Crippen LogP contribution in [0, 0.1) is 13.8 Å². The van der Waals surface area contributed by atoms with Gasteiger partial charge in [-0.25, -0.2) is 9.50 Å². The van der Waals surface area contributed by atoms with Crippen LogP contribution in [0.15, 0.2) is 30.6 Å². The SMILES string of the molecule is COc1ccccc1C1CNCCN1C(=O)CCc1c(C)nc2ncnn2c1C.Cl. The number of carbonyl (C=O) groups is 1. The highest BCUT2D eigenvalue weighted by molar-refractivity contribution is 5.85. The quantitative estimate of drug-likeness (QED) is 0.668. The lowest BCUT2D eigenvalue weighted by Crippen LogP contribution is -2.48. The predicted octanol–water partition coefficient (Wildman–Crippen LogP) is 2.28. The summed E-state index contributed by atoms with van der Waals surface area (Å²) in [6.45, 7) is 6.15. The number of rotatable bonds is 5. The fraction of sp³-hybridized carbons (Fsp3) is 0.429. The number of carbonyl (C=O) groups excluding carboxylic acids is 1. The molecule has 1 unspecified atom stereocenters. The maximum atomic E-state index is 13.2. The number of nitrogens with one attached hydrogen (secondary N) is 1. The number of benzene rings is 1. The number of fused-ring (bicyclic) bond motifs is 1. The van der Waals surface area contributed by atoms with Gasteiger partial charge in [-0.3, -0.25) is 4.79 Å². The van der Waals surface area contributed by atoms with E-state index in [0.717, 1.165) is 41.4 Å². The minimum atomic E-state index is -0.0366. The molecule has 0 radical (unpaired) electrons. The topological polar surface area (TPSA) is 84.6 Å². The summed E-state index contributed by atoms with van der Waals surface area (Å²) in [7, 11) is 1.67. The lowest BCUT2D eigenvalue weighted by molar-refractivity contribution is -0.134. The van der Waals surface area contributed by atoms with E-state index in [9.17, 15) is 4.79 Å². The monoisotopic (exact) mass is 430 g/mol. The molecule has 1 saturated heterocycles. The third-order valence-corrected chi connectivity index (χ3v) is 5.64. The van der Waals surface area contributed by atoms with E-state index in [-0.39, 0.29) is 24.4 Å². The molecule has 0 saturated carbocycles. The van der Waals surface area contributed by atoms with Crippen molar-refractivity contribution in [3.05, 3.63) is 53.1 Å². The molecule has 30 heavy (non-hydrogen) atoms. The fourth-order valence-electron chi connectivity index (χ4n) is 4.12. The van der Waals surface area contributed by atoms with E-state index in [1.54, 1.807) is 11.6 Å². The molecule has 4 rings (SSSR count). The van der Waals surface area contributed by atoms with Gasteiger partial charge in [-0.15, -0.1) is 12.4 Å². The van der Waals surface area contributed by atoms with Crippen molar-refractivity contribution in [3.63, 3.8) is 0 Å². The van der Waals surface area contributed by atoms with Gasteiger partial charge in [0.05, 0.1) is 13.2 Å². The number of methoxy groups -OCH3 is 1. The lowest BCUT2D eigenvalue weighted by atomic mass is 10.0. The molecule has 1 amide bonds. The number of ether oxygens (including phenoxy) is 1. The molecular formula is C21H27ClN6O2. The molecule has 0 aliphatic carbocycles. The van der Waals surface area contributed by atoms with E-state index in [0.29, 0.717) is 25.2 Å². The molecule has 3 aromatic rings. The van der Waals surface area contributed by atoms with Crippen molar-refractivity contribution in [1.29, 1.82) is 0 Å². The van der Waals surface area contributed by atoms with Crippen LogP contribution in [-0.2, 0) is 11.2 Å². The number of aromatic nitrogens is 4. The summed E-state index contributed by atoms with van der Waals surface area (Å²) in [4.78, 5) is 23.8. The summed E-state index contributed by atoms with van der Waals surface area (Å²) < 4.78 is 7.26. The van der Waals surface area contributed by atoms with Gasteiger partial charge in [0, 0.05) is 43.0 Å². The van der Waals surface area contributed by atoms with E-state index in [1.165, 1.54) is 6.33 Å². The Morgan fingerprint density at radius 2 is 2.10 bits per heavy atom. The third kappa shape index (κ3) is 4.11. The van der Waals surface area contributed by atoms with Crippen molar-refractivity contribution in [2.75, 3.05) is 26.7 Å². The average Bonchev–Trinajstić information content (AvgIpc) is 3.22. The number of amides is 1. The van der Waals surface area contributed by atoms with Crippen LogP contribution in [0.5, 0.6) is 5.75 Å². The van der Waals surface area contributed by atoms with Crippen molar-refractivity contribution in [3.8, 4) is 5.75 Å². The number of hydrogen-bond donors (Lipinski definition) is 1. The van der Waals surface area contributed by atoms with Gasteiger partial charge in [0.2, 0.25) is 5.91 Å². The Labute approximate surface area is 182 Å². The van der Waals surface area contributed by atoms with Crippen LogP contribution in [-0.4, -0.2) is 57.1 Å². The Balaban J connectivity index is 0.00000256. The first-order valence-corrected chi connectivity index (χ1v) is 9.89. The normalized spacial score (nSPS) is 16.4. The Hall–Kier alpha value is -2.71. The van der Waals surface area contributed by atoms with E-state index < -0.39 is 0 Å². The molecule has 1 aromatic carbocycles. The fourth-order valence-corrected chi connectivity index (χ4v) is 4.12. The predicted molar refractivity (Wildman–Crippen MR) is 116 cm³/mol. The largest absolute Gasteiger partial charge is 0.496 e. The zero-order valence-electron chi connectivity index (χ0n) is 17.5. The lowest BCUT2D eigenvalue weighted by Gasteiger charge is -2.37. The maximum Gasteiger partial charge on any atom is 0.252 e. The van der Waals surface area contributed by atoms with Gasteiger partial charge >= 0.3 is 0 Å². The van der Waals surface area contributed by atoms with Gasteiger partial charge in [0.15, 0.2) is 0 Å². The highest BCUT2D eigenvalue weighted by Crippen LogP contribution is 2.30. The summed E-state index contributed by atoms with van der Waals surface area (Å²) >= 11 is 0. The Morgan fingerprint density at radius 3 is 2.90 bits per heavy atom. The van der Waals surface area contributed by atoms with E-state index in [1.807, 2.05) is 43.0 Å². The minimum absolute atomic E-state index is 0. The van der Waals surface area contributed by atoms with Crippen LogP contribution < -0.4 is 10.1 Å². The summed E-state index contributed by atoms with van der Waals surface area (Å²) in [6.07, 6.45) is 2.55. The Kier molecular flexibility index (Phi) is 6.89. The second-order valence-corrected chi connectivity index (χ2v) is 7.28. The van der Waals surface area contributed by atoms with Crippen LogP contribution in [0.2, 0.25) is 0 Å².